The van der Waals surface area contributed by atoms with Crippen LogP contribution in [0.1, 0.15) is 17.2 Å². The first-order valence-electron chi connectivity index (χ1n) is 8.56. The number of aliphatic hydroxyl groups excluding tert-OH is 1. The van der Waals surface area contributed by atoms with Gasteiger partial charge in [0, 0.05) is 24.5 Å². The molecule has 7 nitrogen and oxygen atoms in total. The minimum atomic E-state index is -0.833. The summed E-state index contributed by atoms with van der Waals surface area (Å²) >= 11 is 0. The molecule has 7 heteroatoms. The number of aromatic nitrogens is 1. The fraction of sp³-hybridized carbons (Fsp3) is 0.190. The Hall–Kier alpha value is -3.47. The predicted molar refractivity (Wildman–Crippen MR) is 105 cm³/mol. The fourth-order valence-electron chi connectivity index (χ4n) is 2.98. The second-order valence-corrected chi connectivity index (χ2v) is 6.14. The Morgan fingerprint density at radius 3 is 2.79 bits per heavy atom. The molecule has 3 aromatic rings. The average Bonchev–Trinajstić information content (AvgIpc) is 2.69. The van der Waals surface area contributed by atoms with E-state index in [1.54, 1.807) is 24.3 Å². The summed E-state index contributed by atoms with van der Waals surface area (Å²) in [6.07, 6.45) is 6.42. The molecule has 144 valence electrons. The van der Waals surface area contributed by atoms with Crippen molar-refractivity contribution < 1.29 is 19.7 Å². The van der Waals surface area contributed by atoms with E-state index in [1.165, 1.54) is 19.2 Å². The van der Waals surface area contributed by atoms with E-state index in [0.29, 0.717) is 34.5 Å². The number of benzene rings is 2. The van der Waals surface area contributed by atoms with Gasteiger partial charge in [-0.25, -0.2) is 0 Å². The molecule has 0 saturated heterocycles. The number of aromatic hydroxyl groups is 1. The van der Waals surface area contributed by atoms with Gasteiger partial charge in [-0.1, -0.05) is 18.6 Å². The molecule has 0 amide bonds. The third-order valence-corrected chi connectivity index (χ3v) is 4.33. The Bertz CT molecular complexity index is 1080. The third-order valence-electron chi connectivity index (χ3n) is 4.33. The van der Waals surface area contributed by atoms with Crippen molar-refractivity contribution >= 4 is 10.9 Å². The summed E-state index contributed by atoms with van der Waals surface area (Å²) in [6.45, 7) is 0.751. The van der Waals surface area contributed by atoms with E-state index >= 15 is 0 Å². The number of H-pyrrole nitrogens is 1. The van der Waals surface area contributed by atoms with Crippen LogP contribution >= 0.6 is 0 Å². The van der Waals surface area contributed by atoms with Gasteiger partial charge in [-0.15, -0.1) is 0 Å². The normalized spacial score (nSPS) is 11.8. The molecular formula is C21H20N2O5. The number of phenols is 1. The number of aromatic amines is 1. The highest BCUT2D eigenvalue weighted by Crippen LogP contribution is 2.29. The Morgan fingerprint density at radius 2 is 2.04 bits per heavy atom. The number of ether oxygens (including phenoxy) is 2. The highest BCUT2D eigenvalue weighted by molar-refractivity contribution is 5.87. The van der Waals surface area contributed by atoms with Crippen molar-refractivity contribution in [1.82, 2.24) is 10.3 Å². The number of aliphatic hydroxyl groups is 1. The lowest BCUT2D eigenvalue weighted by Gasteiger charge is -2.15. The quantitative estimate of drug-likeness (QED) is 0.468. The number of fused-ring (bicyclic) bond motifs is 1. The molecule has 0 saturated carbocycles. The molecule has 0 fully saturated rings. The summed E-state index contributed by atoms with van der Waals surface area (Å²) in [6, 6.07) is 11.4. The number of pyridine rings is 1. The van der Waals surface area contributed by atoms with Crippen molar-refractivity contribution in [3.05, 3.63) is 63.9 Å². The van der Waals surface area contributed by atoms with Crippen LogP contribution in [0.4, 0.5) is 0 Å². The lowest BCUT2D eigenvalue weighted by molar-refractivity contribution is 0.176. The molecule has 1 atom stereocenters. The van der Waals surface area contributed by atoms with E-state index < -0.39 is 6.10 Å². The van der Waals surface area contributed by atoms with Crippen LogP contribution in [0.25, 0.3) is 10.9 Å². The van der Waals surface area contributed by atoms with Crippen molar-refractivity contribution in [2.75, 3.05) is 13.7 Å². The van der Waals surface area contributed by atoms with E-state index in [9.17, 15) is 15.0 Å². The van der Waals surface area contributed by atoms with Crippen molar-refractivity contribution in [3.8, 4) is 29.8 Å². The van der Waals surface area contributed by atoms with Crippen LogP contribution in [-0.2, 0) is 6.54 Å². The fourth-order valence-corrected chi connectivity index (χ4v) is 2.98. The minimum absolute atomic E-state index is 0.0435. The SMILES string of the molecule is C#COc1ccc(CNC[C@H](O)c2ccc(O)c3[nH]c(=O)ccc23)cc1OC. The van der Waals surface area contributed by atoms with Gasteiger partial charge in [-0.05, 0) is 35.4 Å². The first-order chi connectivity index (χ1) is 13.5. The molecule has 3 rings (SSSR count). The highest BCUT2D eigenvalue weighted by Gasteiger charge is 2.14. The van der Waals surface area contributed by atoms with Gasteiger partial charge in [0.25, 0.3) is 0 Å². The van der Waals surface area contributed by atoms with E-state index in [-0.39, 0.29) is 17.9 Å². The number of rotatable bonds is 7. The van der Waals surface area contributed by atoms with E-state index in [1.807, 2.05) is 6.07 Å². The maximum Gasteiger partial charge on any atom is 0.248 e. The van der Waals surface area contributed by atoms with Gasteiger partial charge in [-0.3, -0.25) is 4.79 Å². The molecule has 0 aliphatic rings. The molecule has 0 bridgehead atoms. The van der Waals surface area contributed by atoms with Crippen LogP contribution in [0.5, 0.6) is 17.2 Å². The zero-order chi connectivity index (χ0) is 20.1. The van der Waals surface area contributed by atoms with Gasteiger partial charge in [0.1, 0.15) is 11.9 Å². The summed E-state index contributed by atoms with van der Waals surface area (Å²) in [7, 11) is 1.53. The number of terminal acetylenes is 1. The summed E-state index contributed by atoms with van der Waals surface area (Å²) in [4.78, 5) is 14.1. The Balaban J connectivity index is 1.71. The summed E-state index contributed by atoms with van der Waals surface area (Å²) in [5.41, 5.74) is 1.51. The second kappa shape index (κ2) is 8.48. The summed E-state index contributed by atoms with van der Waals surface area (Å²) < 4.78 is 10.3. The predicted octanol–water partition coefficient (Wildman–Crippen LogP) is 2.03. The number of nitrogens with one attached hydrogen (secondary N) is 2. The molecule has 1 aromatic heterocycles. The second-order valence-electron chi connectivity index (χ2n) is 6.14. The van der Waals surface area contributed by atoms with Crippen LogP contribution in [-0.4, -0.2) is 28.9 Å². The molecule has 28 heavy (non-hydrogen) atoms. The molecule has 0 aliphatic heterocycles. The lowest BCUT2D eigenvalue weighted by Crippen LogP contribution is -2.21. The molecule has 0 aliphatic carbocycles. The van der Waals surface area contributed by atoms with Crippen LogP contribution in [0.2, 0.25) is 0 Å². The van der Waals surface area contributed by atoms with Crippen LogP contribution in [0, 0.1) is 12.5 Å². The van der Waals surface area contributed by atoms with Crippen LogP contribution < -0.4 is 20.3 Å². The number of phenolic OH excluding ortho intramolecular Hbond substituents is 1. The van der Waals surface area contributed by atoms with Crippen molar-refractivity contribution in [2.24, 2.45) is 0 Å². The van der Waals surface area contributed by atoms with Gasteiger partial charge in [-0.2, -0.15) is 0 Å². The third kappa shape index (κ3) is 4.09. The van der Waals surface area contributed by atoms with Crippen molar-refractivity contribution in [2.45, 2.75) is 12.6 Å². The van der Waals surface area contributed by atoms with Crippen LogP contribution in [0.3, 0.4) is 0 Å². The monoisotopic (exact) mass is 380 g/mol. The van der Waals surface area contributed by atoms with Gasteiger partial charge in [0.15, 0.2) is 11.5 Å². The van der Waals surface area contributed by atoms with Gasteiger partial charge in [0.05, 0.1) is 18.7 Å². The number of hydrogen-bond acceptors (Lipinski definition) is 6. The molecule has 1 heterocycles. The van der Waals surface area contributed by atoms with Crippen molar-refractivity contribution in [1.29, 1.82) is 0 Å². The maximum absolute atomic E-state index is 11.5. The Labute approximate surface area is 161 Å². The average molecular weight is 380 g/mol. The molecule has 0 spiro atoms. The van der Waals surface area contributed by atoms with E-state index in [0.717, 1.165) is 5.56 Å². The zero-order valence-electron chi connectivity index (χ0n) is 15.2. The number of methoxy groups -OCH3 is 1. The van der Waals surface area contributed by atoms with Crippen LogP contribution in [0.15, 0.2) is 47.3 Å². The molecule has 4 N–H and O–H groups in total. The minimum Gasteiger partial charge on any atom is -0.506 e. The molecular weight excluding hydrogens is 360 g/mol. The lowest BCUT2D eigenvalue weighted by atomic mass is 10.0. The Kier molecular flexibility index (Phi) is 5.84. The topological polar surface area (TPSA) is 104 Å². The Morgan fingerprint density at radius 1 is 1.21 bits per heavy atom. The molecule has 0 radical (unpaired) electrons. The highest BCUT2D eigenvalue weighted by atomic mass is 16.5. The van der Waals surface area contributed by atoms with Gasteiger partial charge >= 0.3 is 0 Å². The largest absolute Gasteiger partial charge is 0.506 e. The first-order valence-corrected chi connectivity index (χ1v) is 8.56. The smallest absolute Gasteiger partial charge is 0.248 e. The summed E-state index contributed by atoms with van der Waals surface area (Å²) in [5, 5.41) is 24.3. The van der Waals surface area contributed by atoms with Gasteiger partial charge < -0.3 is 30.0 Å². The zero-order valence-corrected chi connectivity index (χ0v) is 15.2. The van der Waals surface area contributed by atoms with E-state index in [4.69, 9.17) is 15.9 Å². The standard InChI is InChI=1S/C21H20N2O5/c1-3-28-18-8-4-13(10-19(18)27-2)11-22-12-17(25)14-5-7-16(24)21-15(14)6-9-20(26)23-21/h1,4-10,17,22,24-25H,11-12H2,2H3,(H,23,26)/t17-/m0/s1. The molecule has 2 aromatic carbocycles. The summed E-state index contributed by atoms with van der Waals surface area (Å²) in [5.74, 6) is 0.933. The maximum atomic E-state index is 11.5. The van der Waals surface area contributed by atoms with Gasteiger partial charge in [0.2, 0.25) is 5.56 Å². The number of hydrogen-bond donors (Lipinski definition) is 4. The first kappa shape index (κ1) is 19.3. The molecule has 0 unspecified atom stereocenters. The van der Waals surface area contributed by atoms with Crippen molar-refractivity contribution in [3.63, 3.8) is 0 Å². The van der Waals surface area contributed by atoms with E-state index in [2.05, 4.69) is 16.4 Å².